The van der Waals surface area contributed by atoms with Crippen LogP contribution in [-0.4, -0.2) is 4.98 Å². The standard InChI is InChI=1S/C7H6Cl2N4/c8-5-1-7(9)12-3-4(5)6(2-10)13-11/h1-3,11H,10H2/b6-2-,13-11?. The van der Waals surface area contributed by atoms with Crippen LogP contribution in [0.25, 0.3) is 5.70 Å². The second-order valence-corrected chi connectivity index (χ2v) is 2.95. The minimum absolute atomic E-state index is 0.258. The highest BCUT2D eigenvalue weighted by atomic mass is 35.5. The SMILES string of the molecule is N=N/C(=C\N)c1cnc(Cl)cc1Cl. The molecule has 0 bridgehead atoms. The minimum atomic E-state index is 0.258. The first kappa shape index (κ1) is 9.95. The number of rotatable bonds is 2. The third kappa shape index (κ3) is 2.17. The van der Waals surface area contributed by atoms with Crippen LogP contribution in [0.1, 0.15) is 5.56 Å². The maximum absolute atomic E-state index is 6.81. The molecule has 0 spiro atoms. The first-order valence-corrected chi connectivity index (χ1v) is 4.05. The van der Waals surface area contributed by atoms with E-state index in [0.717, 1.165) is 0 Å². The summed E-state index contributed by atoms with van der Waals surface area (Å²) in [6, 6.07) is 1.47. The van der Waals surface area contributed by atoms with Crippen molar-refractivity contribution in [1.82, 2.24) is 4.98 Å². The van der Waals surface area contributed by atoms with Gasteiger partial charge in [0.15, 0.2) is 0 Å². The van der Waals surface area contributed by atoms with Gasteiger partial charge in [-0.2, -0.15) is 5.11 Å². The predicted molar refractivity (Wildman–Crippen MR) is 51.6 cm³/mol. The number of hydrogen-bond acceptors (Lipinski definition) is 4. The molecule has 0 saturated heterocycles. The van der Waals surface area contributed by atoms with Crippen molar-refractivity contribution in [2.75, 3.05) is 0 Å². The summed E-state index contributed by atoms with van der Waals surface area (Å²) < 4.78 is 0. The first-order chi connectivity index (χ1) is 6.19. The Bertz CT molecular complexity index is 362. The Balaban J connectivity index is 3.22. The minimum Gasteiger partial charge on any atom is -0.403 e. The first-order valence-electron chi connectivity index (χ1n) is 3.30. The van der Waals surface area contributed by atoms with E-state index in [4.69, 9.17) is 34.5 Å². The molecule has 0 amide bonds. The summed E-state index contributed by atoms with van der Waals surface area (Å²) in [5.41, 5.74) is 12.8. The van der Waals surface area contributed by atoms with Crippen molar-refractivity contribution in [3.05, 3.63) is 34.2 Å². The van der Waals surface area contributed by atoms with Gasteiger partial charge in [-0.15, -0.1) is 0 Å². The van der Waals surface area contributed by atoms with Gasteiger partial charge in [0.05, 0.1) is 5.02 Å². The molecule has 0 aromatic carbocycles. The molecule has 13 heavy (non-hydrogen) atoms. The molecule has 0 aliphatic carbocycles. The van der Waals surface area contributed by atoms with Crippen LogP contribution in [0.5, 0.6) is 0 Å². The van der Waals surface area contributed by atoms with Gasteiger partial charge in [-0.25, -0.2) is 10.5 Å². The van der Waals surface area contributed by atoms with E-state index in [1.807, 2.05) is 0 Å². The van der Waals surface area contributed by atoms with Crippen molar-refractivity contribution >= 4 is 28.9 Å². The maximum Gasteiger partial charge on any atom is 0.130 e. The van der Waals surface area contributed by atoms with E-state index in [0.29, 0.717) is 10.6 Å². The summed E-state index contributed by atoms with van der Waals surface area (Å²) in [4.78, 5) is 3.80. The number of hydrogen-bond donors (Lipinski definition) is 2. The largest absolute Gasteiger partial charge is 0.403 e. The van der Waals surface area contributed by atoms with Gasteiger partial charge >= 0.3 is 0 Å². The Morgan fingerprint density at radius 2 is 2.31 bits per heavy atom. The van der Waals surface area contributed by atoms with Crippen LogP contribution in [0, 0.1) is 5.53 Å². The predicted octanol–water partition coefficient (Wildman–Crippen LogP) is 2.68. The van der Waals surface area contributed by atoms with Crippen LogP contribution in [-0.2, 0) is 0 Å². The third-order valence-corrected chi connectivity index (χ3v) is 1.89. The Labute approximate surface area is 84.9 Å². The summed E-state index contributed by atoms with van der Waals surface area (Å²) in [6.07, 6.45) is 2.60. The van der Waals surface area contributed by atoms with E-state index in [9.17, 15) is 0 Å². The summed E-state index contributed by atoms with van der Waals surface area (Å²) in [7, 11) is 0. The smallest absolute Gasteiger partial charge is 0.130 e. The molecule has 1 aromatic rings. The summed E-state index contributed by atoms with van der Waals surface area (Å²) in [6.45, 7) is 0. The highest BCUT2D eigenvalue weighted by Gasteiger charge is 2.06. The normalized spacial score (nSPS) is 11.4. The van der Waals surface area contributed by atoms with E-state index in [1.165, 1.54) is 18.5 Å². The zero-order chi connectivity index (χ0) is 9.84. The molecule has 1 aromatic heterocycles. The Morgan fingerprint density at radius 3 is 2.77 bits per heavy atom. The van der Waals surface area contributed by atoms with Gasteiger partial charge in [0.25, 0.3) is 0 Å². The van der Waals surface area contributed by atoms with E-state index in [2.05, 4.69) is 10.1 Å². The summed E-state index contributed by atoms with van der Waals surface area (Å²) in [5, 5.41) is 3.84. The van der Waals surface area contributed by atoms with Crippen LogP contribution < -0.4 is 5.73 Å². The molecule has 0 atom stereocenters. The Kier molecular flexibility index (Phi) is 3.22. The maximum atomic E-state index is 6.81. The lowest BCUT2D eigenvalue weighted by atomic mass is 10.2. The highest BCUT2D eigenvalue weighted by molar-refractivity contribution is 6.35. The zero-order valence-corrected chi connectivity index (χ0v) is 7.97. The van der Waals surface area contributed by atoms with E-state index < -0.39 is 0 Å². The van der Waals surface area contributed by atoms with Crippen LogP contribution in [0.2, 0.25) is 10.2 Å². The summed E-state index contributed by atoms with van der Waals surface area (Å²) >= 11 is 11.4. The molecule has 68 valence electrons. The number of aromatic nitrogens is 1. The number of pyridine rings is 1. The lowest BCUT2D eigenvalue weighted by Gasteiger charge is -2.01. The molecule has 1 heterocycles. The van der Waals surface area contributed by atoms with Gasteiger partial charge in [-0.1, -0.05) is 23.2 Å². The van der Waals surface area contributed by atoms with Crippen LogP contribution >= 0.6 is 23.2 Å². The van der Waals surface area contributed by atoms with Crippen molar-refractivity contribution in [2.45, 2.75) is 0 Å². The van der Waals surface area contributed by atoms with Crippen molar-refractivity contribution in [3.63, 3.8) is 0 Å². The van der Waals surface area contributed by atoms with E-state index in [-0.39, 0.29) is 10.9 Å². The molecule has 4 nitrogen and oxygen atoms in total. The van der Waals surface area contributed by atoms with Crippen LogP contribution in [0.3, 0.4) is 0 Å². The van der Waals surface area contributed by atoms with Gasteiger partial charge in [-0.3, -0.25) is 0 Å². The topological polar surface area (TPSA) is 75.1 Å². The van der Waals surface area contributed by atoms with Crippen LogP contribution in [0.15, 0.2) is 23.6 Å². The van der Waals surface area contributed by atoms with Crippen LogP contribution in [0.4, 0.5) is 0 Å². The molecular weight excluding hydrogens is 211 g/mol. The lowest BCUT2D eigenvalue weighted by Crippen LogP contribution is -1.89. The fraction of sp³-hybridized carbons (Fsp3) is 0. The molecule has 0 radical (unpaired) electrons. The van der Waals surface area contributed by atoms with Crippen molar-refractivity contribution in [2.24, 2.45) is 10.8 Å². The van der Waals surface area contributed by atoms with E-state index >= 15 is 0 Å². The molecule has 6 heteroatoms. The second kappa shape index (κ2) is 4.20. The molecule has 0 saturated carbocycles. The van der Waals surface area contributed by atoms with Gasteiger partial charge < -0.3 is 5.73 Å². The van der Waals surface area contributed by atoms with Gasteiger partial charge in [0, 0.05) is 18.0 Å². The third-order valence-electron chi connectivity index (χ3n) is 1.37. The van der Waals surface area contributed by atoms with Crippen molar-refractivity contribution in [1.29, 1.82) is 5.53 Å². The van der Waals surface area contributed by atoms with Gasteiger partial charge in [0.2, 0.25) is 0 Å². The van der Waals surface area contributed by atoms with Gasteiger partial charge in [-0.05, 0) is 6.07 Å². The number of halogens is 2. The zero-order valence-electron chi connectivity index (χ0n) is 6.46. The lowest BCUT2D eigenvalue weighted by molar-refractivity contribution is 1.14. The highest BCUT2D eigenvalue weighted by Crippen LogP contribution is 2.25. The molecule has 0 fully saturated rings. The monoisotopic (exact) mass is 216 g/mol. The fourth-order valence-corrected chi connectivity index (χ4v) is 1.25. The number of nitrogens with two attached hydrogens (primary N) is 1. The van der Waals surface area contributed by atoms with Gasteiger partial charge in [0.1, 0.15) is 10.9 Å². The Morgan fingerprint density at radius 1 is 1.62 bits per heavy atom. The Hall–Kier alpha value is -1.13. The van der Waals surface area contributed by atoms with Crippen molar-refractivity contribution in [3.8, 4) is 0 Å². The van der Waals surface area contributed by atoms with E-state index in [1.54, 1.807) is 0 Å². The molecule has 0 aliphatic heterocycles. The summed E-state index contributed by atoms with van der Waals surface area (Å²) in [5.74, 6) is 0. The average molecular weight is 217 g/mol. The molecule has 0 unspecified atom stereocenters. The number of nitrogens with zero attached hydrogens (tertiary/aromatic N) is 2. The molecule has 1 rings (SSSR count). The average Bonchev–Trinajstić information content (AvgIpc) is 2.10. The molecule has 0 aliphatic rings. The fourth-order valence-electron chi connectivity index (χ4n) is 0.783. The molecule has 3 N–H and O–H groups in total. The number of nitrogens with one attached hydrogen (secondary N) is 1. The molecular formula is C7H6Cl2N4. The van der Waals surface area contributed by atoms with Crippen molar-refractivity contribution < 1.29 is 0 Å². The quantitative estimate of drug-likeness (QED) is 0.590. The second-order valence-electron chi connectivity index (χ2n) is 2.15.